The standard InChI is InChI=1S/C12H15BrN2S/c1-8-7-10(13)3-4-11(8)15-12-14-9(2)5-6-16-12/h3-4,7,9H,5-6H2,1-2H3,(H,14,15). The van der Waals surface area contributed by atoms with Gasteiger partial charge in [-0.05, 0) is 44.0 Å². The maximum Gasteiger partial charge on any atom is 0.161 e. The zero-order chi connectivity index (χ0) is 11.5. The fraction of sp³-hybridized carbons (Fsp3) is 0.417. The van der Waals surface area contributed by atoms with Crippen LogP contribution < -0.4 is 5.32 Å². The number of aryl methyl sites for hydroxylation is 1. The summed E-state index contributed by atoms with van der Waals surface area (Å²) in [5, 5.41) is 4.44. The summed E-state index contributed by atoms with van der Waals surface area (Å²) in [6, 6.07) is 6.69. The van der Waals surface area contributed by atoms with Gasteiger partial charge >= 0.3 is 0 Å². The summed E-state index contributed by atoms with van der Waals surface area (Å²) in [4.78, 5) is 4.60. The fourth-order valence-electron chi connectivity index (χ4n) is 1.58. The molecule has 4 heteroatoms. The highest BCUT2D eigenvalue weighted by Gasteiger charge is 2.12. The van der Waals surface area contributed by atoms with Crippen LogP contribution in [0.15, 0.2) is 27.7 Å². The quantitative estimate of drug-likeness (QED) is 0.846. The number of aliphatic imine (C=N–C) groups is 1. The predicted molar refractivity (Wildman–Crippen MR) is 76.5 cm³/mol. The SMILES string of the molecule is Cc1cc(Br)ccc1NC1=NC(C)CCS1. The minimum absolute atomic E-state index is 0.444. The van der Waals surface area contributed by atoms with E-state index in [1.807, 2.05) is 6.07 Å². The molecule has 0 saturated heterocycles. The number of benzene rings is 1. The Labute approximate surface area is 109 Å². The number of nitrogens with one attached hydrogen (secondary N) is 1. The van der Waals surface area contributed by atoms with Gasteiger partial charge in [0.05, 0.1) is 6.04 Å². The first kappa shape index (κ1) is 12.0. The van der Waals surface area contributed by atoms with Crippen LogP contribution in [0.3, 0.4) is 0 Å². The third-order valence-electron chi connectivity index (χ3n) is 2.54. The Hall–Kier alpha value is -0.480. The molecule has 0 amide bonds. The van der Waals surface area contributed by atoms with Crippen LogP contribution in [0, 0.1) is 6.92 Å². The van der Waals surface area contributed by atoms with Gasteiger partial charge < -0.3 is 5.32 Å². The maximum absolute atomic E-state index is 4.60. The smallest absolute Gasteiger partial charge is 0.161 e. The van der Waals surface area contributed by atoms with Crippen LogP contribution >= 0.6 is 27.7 Å². The molecule has 86 valence electrons. The largest absolute Gasteiger partial charge is 0.335 e. The monoisotopic (exact) mass is 298 g/mol. The van der Waals surface area contributed by atoms with Crippen molar-refractivity contribution in [2.75, 3.05) is 11.1 Å². The topological polar surface area (TPSA) is 24.4 Å². The van der Waals surface area contributed by atoms with E-state index >= 15 is 0 Å². The molecular formula is C12H15BrN2S. The van der Waals surface area contributed by atoms with Gasteiger partial charge in [-0.2, -0.15) is 0 Å². The van der Waals surface area contributed by atoms with Gasteiger partial charge in [-0.15, -0.1) is 0 Å². The van der Waals surface area contributed by atoms with Crippen LogP contribution in [0.25, 0.3) is 0 Å². The summed E-state index contributed by atoms with van der Waals surface area (Å²) in [7, 11) is 0. The lowest BCUT2D eigenvalue weighted by Gasteiger charge is -2.18. The Morgan fingerprint density at radius 2 is 2.31 bits per heavy atom. The molecule has 1 aromatic rings. The number of rotatable bonds is 1. The predicted octanol–water partition coefficient (Wildman–Crippen LogP) is 4.05. The minimum Gasteiger partial charge on any atom is -0.335 e. The van der Waals surface area contributed by atoms with E-state index in [1.165, 1.54) is 12.0 Å². The number of thioether (sulfide) groups is 1. The lowest BCUT2D eigenvalue weighted by molar-refractivity contribution is 0.720. The maximum atomic E-state index is 4.60. The van der Waals surface area contributed by atoms with Crippen molar-refractivity contribution in [2.45, 2.75) is 26.3 Å². The summed E-state index contributed by atoms with van der Waals surface area (Å²) in [6.45, 7) is 4.26. The summed E-state index contributed by atoms with van der Waals surface area (Å²) in [5.41, 5.74) is 2.37. The van der Waals surface area contributed by atoms with Crippen molar-refractivity contribution >= 4 is 38.5 Å². The molecule has 0 aromatic heterocycles. The molecule has 0 spiro atoms. The van der Waals surface area contributed by atoms with Gasteiger partial charge in [0.2, 0.25) is 0 Å². The Morgan fingerprint density at radius 1 is 1.50 bits per heavy atom. The Morgan fingerprint density at radius 3 is 3.00 bits per heavy atom. The number of hydrogen-bond acceptors (Lipinski definition) is 3. The average molecular weight is 299 g/mol. The van der Waals surface area contributed by atoms with Crippen molar-refractivity contribution in [1.29, 1.82) is 0 Å². The zero-order valence-electron chi connectivity index (χ0n) is 9.46. The lowest BCUT2D eigenvalue weighted by atomic mass is 10.2. The van der Waals surface area contributed by atoms with E-state index in [-0.39, 0.29) is 0 Å². The number of anilines is 1. The summed E-state index contributed by atoms with van der Waals surface area (Å²) < 4.78 is 1.11. The van der Waals surface area contributed by atoms with Crippen LogP contribution in [0.2, 0.25) is 0 Å². The van der Waals surface area contributed by atoms with Crippen molar-refractivity contribution < 1.29 is 0 Å². The van der Waals surface area contributed by atoms with Crippen molar-refractivity contribution in [2.24, 2.45) is 4.99 Å². The molecular weight excluding hydrogens is 284 g/mol. The van der Waals surface area contributed by atoms with E-state index in [9.17, 15) is 0 Å². The summed E-state index contributed by atoms with van der Waals surface area (Å²) >= 11 is 5.27. The van der Waals surface area contributed by atoms with E-state index in [0.29, 0.717) is 6.04 Å². The highest BCUT2D eigenvalue weighted by atomic mass is 79.9. The Kier molecular flexibility index (Phi) is 3.92. The summed E-state index contributed by atoms with van der Waals surface area (Å²) in [6.07, 6.45) is 1.18. The number of amidine groups is 1. The van der Waals surface area contributed by atoms with Crippen LogP contribution in [0.4, 0.5) is 5.69 Å². The molecule has 1 aromatic carbocycles. The average Bonchev–Trinajstić information content (AvgIpc) is 2.22. The first-order chi connectivity index (χ1) is 7.65. The van der Waals surface area contributed by atoms with Gasteiger partial charge in [-0.25, -0.2) is 0 Å². The number of nitrogens with zero attached hydrogens (tertiary/aromatic N) is 1. The molecule has 0 bridgehead atoms. The highest BCUT2D eigenvalue weighted by molar-refractivity contribution is 9.10. The van der Waals surface area contributed by atoms with Gasteiger partial charge in [-0.1, -0.05) is 27.7 Å². The molecule has 1 heterocycles. The van der Waals surface area contributed by atoms with Crippen molar-refractivity contribution in [3.63, 3.8) is 0 Å². The van der Waals surface area contributed by atoms with E-state index < -0.39 is 0 Å². The first-order valence-corrected chi connectivity index (χ1v) is 7.17. The van der Waals surface area contributed by atoms with Gasteiger partial charge in [0.25, 0.3) is 0 Å². The molecule has 2 nitrogen and oxygen atoms in total. The second-order valence-corrected chi connectivity index (χ2v) is 6.00. The minimum atomic E-state index is 0.444. The molecule has 0 fully saturated rings. The van der Waals surface area contributed by atoms with Crippen LogP contribution in [-0.4, -0.2) is 17.0 Å². The zero-order valence-corrected chi connectivity index (χ0v) is 11.9. The Bertz CT molecular complexity index is 417. The molecule has 1 atom stereocenters. The van der Waals surface area contributed by atoms with Crippen molar-refractivity contribution in [3.8, 4) is 0 Å². The van der Waals surface area contributed by atoms with E-state index in [0.717, 1.165) is 21.1 Å². The molecule has 16 heavy (non-hydrogen) atoms. The molecule has 1 N–H and O–H groups in total. The van der Waals surface area contributed by atoms with E-state index in [1.54, 1.807) is 11.8 Å². The Balaban J connectivity index is 2.14. The highest BCUT2D eigenvalue weighted by Crippen LogP contribution is 2.23. The summed E-state index contributed by atoms with van der Waals surface area (Å²) in [5.74, 6) is 1.16. The molecule has 1 unspecified atom stereocenters. The third kappa shape index (κ3) is 3.01. The van der Waals surface area contributed by atoms with Gasteiger partial charge in [-0.3, -0.25) is 4.99 Å². The number of halogens is 1. The van der Waals surface area contributed by atoms with Crippen LogP contribution in [0.5, 0.6) is 0 Å². The molecule has 0 aliphatic carbocycles. The first-order valence-electron chi connectivity index (χ1n) is 5.39. The van der Waals surface area contributed by atoms with Gasteiger partial charge in [0.1, 0.15) is 0 Å². The molecule has 2 rings (SSSR count). The second-order valence-electron chi connectivity index (χ2n) is 4.00. The van der Waals surface area contributed by atoms with E-state index in [4.69, 9.17) is 0 Å². The second kappa shape index (κ2) is 5.23. The normalized spacial score (nSPS) is 20.4. The van der Waals surface area contributed by atoms with E-state index in [2.05, 4.69) is 52.2 Å². The lowest BCUT2D eigenvalue weighted by Crippen LogP contribution is -2.18. The van der Waals surface area contributed by atoms with Gasteiger partial charge in [0, 0.05) is 15.9 Å². The number of hydrogen-bond donors (Lipinski definition) is 1. The third-order valence-corrected chi connectivity index (χ3v) is 3.96. The molecule has 1 aliphatic rings. The van der Waals surface area contributed by atoms with Crippen molar-refractivity contribution in [3.05, 3.63) is 28.2 Å². The van der Waals surface area contributed by atoms with Crippen LogP contribution in [-0.2, 0) is 0 Å². The molecule has 1 aliphatic heterocycles. The molecule has 0 saturated carbocycles. The fourth-order valence-corrected chi connectivity index (χ4v) is 3.14. The van der Waals surface area contributed by atoms with Crippen LogP contribution in [0.1, 0.15) is 18.9 Å². The van der Waals surface area contributed by atoms with Crippen molar-refractivity contribution in [1.82, 2.24) is 0 Å². The van der Waals surface area contributed by atoms with Gasteiger partial charge in [0.15, 0.2) is 5.17 Å². The molecule has 0 radical (unpaired) electrons.